The molecule has 0 aliphatic rings. The SMILES string of the molecule is C=CCc1cc(C(=O)NC(C)c2ccccc2OC)ccc1OC. The second-order valence-electron chi connectivity index (χ2n) is 5.46. The van der Waals surface area contributed by atoms with Crippen molar-refractivity contribution in [2.75, 3.05) is 14.2 Å². The van der Waals surface area contributed by atoms with Crippen LogP contribution in [0.4, 0.5) is 0 Å². The zero-order valence-corrected chi connectivity index (χ0v) is 14.3. The van der Waals surface area contributed by atoms with Crippen molar-refractivity contribution in [3.8, 4) is 11.5 Å². The van der Waals surface area contributed by atoms with Crippen molar-refractivity contribution in [1.82, 2.24) is 5.32 Å². The molecule has 0 bridgehead atoms. The van der Waals surface area contributed by atoms with E-state index in [-0.39, 0.29) is 11.9 Å². The molecule has 24 heavy (non-hydrogen) atoms. The molecule has 1 N–H and O–H groups in total. The predicted molar refractivity (Wildman–Crippen MR) is 95.8 cm³/mol. The molecule has 0 saturated heterocycles. The monoisotopic (exact) mass is 325 g/mol. The molecule has 1 unspecified atom stereocenters. The number of amides is 1. The molecule has 0 fully saturated rings. The Hall–Kier alpha value is -2.75. The molecule has 1 amide bonds. The number of allylic oxidation sites excluding steroid dienone is 1. The van der Waals surface area contributed by atoms with Crippen molar-refractivity contribution >= 4 is 5.91 Å². The molecule has 2 aromatic carbocycles. The highest BCUT2D eigenvalue weighted by Crippen LogP contribution is 2.25. The van der Waals surface area contributed by atoms with Gasteiger partial charge in [-0.1, -0.05) is 24.3 Å². The molecule has 126 valence electrons. The van der Waals surface area contributed by atoms with Gasteiger partial charge in [-0.15, -0.1) is 6.58 Å². The van der Waals surface area contributed by atoms with Crippen LogP contribution in [0.2, 0.25) is 0 Å². The van der Waals surface area contributed by atoms with Gasteiger partial charge in [0, 0.05) is 11.1 Å². The number of carbonyl (C=O) groups is 1. The number of carbonyl (C=O) groups excluding carboxylic acids is 1. The van der Waals surface area contributed by atoms with Crippen LogP contribution in [0, 0.1) is 0 Å². The summed E-state index contributed by atoms with van der Waals surface area (Å²) in [7, 11) is 3.24. The lowest BCUT2D eigenvalue weighted by atomic mass is 10.0. The number of para-hydroxylation sites is 1. The number of rotatable bonds is 7. The van der Waals surface area contributed by atoms with Gasteiger partial charge >= 0.3 is 0 Å². The van der Waals surface area contributed by atoms with Gasteiger partial charge in [0.1, 0.15) is 11.5 Å². The van der Waals surface area contributed by atoms with Gasteiger partial charge in [0.15, 0.2) is 0 Å². The summed E-state index contributed by atoms with van der Waals surface area (Å²) >= 11 is 0. The van der Waals surface area contributed by atoms with Crippen LogP contribution in [0.1, 0.15) is 34.5 Å². The Morgan fingerprint density at radius 2 is 1.88 bits per heavy atom. The normalized spacial score (nSPS) is 11.5. The van der Waals surface area contributed by atoms with Crippen molar-refractivity contribution in [2.45, 2.75) is 19.4 Å². The summed E-state index contributed by atoms with van der Waals surface area (Å²) in [6.45, 7) is 5.68. The number of methoxy groups -OCH3 is 2. The highest BCUT2D eigenvalue weighted by atomic mass is 16.5. The predicted octanol–water partition coefficient (Wildman–Crippen LogP) is 3.92. The number of nitrogens with one attached hydrogen (secondary N) is 1. The first-order chi connectivity index (χ1) is 11.6. The van der Waals surface area contributed by atoms with Crippen LogP contribution >= 0.6 is 0 Å². The summed E-state index contributed by atoms with van der Waals surface area (Å²) in [5.41, 5.74) is 2.47. The highest BCUT2D eigenvalue weighted by Gasteiger charge is 2.16. The van der Waals surface area contributed by atoms with E-state index in [0.29, 0.717) is 12.0 Å². The summed E-state index contributed by atoms with van der Waals surface area (Å²) in [4.78, 5) is 12.6. The van der Waals surface area contributed by atoms with Crippen LogP contribution in [0.5, 0.6) is 11.5 Å². The first-order valence-corrected chi connectivity index (χ1v) is 7.82. The van der Waals surface area contributed by atoms with Gasteiger partial charge in [-0.25, -0.2) is 0 Å². The maximum Gasteiger partial charge on any atom is 0.251 e. The maximum atomic E-state index is 12.6. The molecule has 0 saturated carbocycles. The summed E-state index contributed by atoms with van der Waals surface area (Å²) in [6, 6.07) is 12.9. The van der Waals surface area contributed by atoms with Gasteiger partial charge < -0.3 is 14.8 Å². The van der Waals surface area contributed by atoms with Crippen molar-refractivity contribution in [3.05, 3.63) is 71.8 Å². The average Bonchev–Trinajstić information content (AvgIpc) is 2.61. The van der Waals surface area contributed by atoms with Crippen molar-refractivity contribution in [2.24, 2.45) is 0 Å². The van der Waals surface area contributed by atoms with E-state index >= 15 is 0 Å². The molecule has 0 heterocycles. The van der Waals surface area contributed by atoms with Crippen molar-refractivity contribution < 1.29 is 14.3 Å². The zero-order valence-electron chi connectivity index (χ0n) is 14.3. The minimum Gasteiger partial charge on any atom is -0.496 e. The van der Waals surface area contributed by atoms with Gasteiger partial charge in [-0.05, 0) is 43.2 Å². The largest absolute Gasteiger partial charge is 0.496 e. The fourth-order valence-electron chi connectivity index (χ4n) is 2.62. The average molecular weight is 325 g/mol. The fraction of sp³-hybridized carbons (Fsp3) is 0.250. The Kier molecular flexibility index (Phi) is 6.01. The molecule has 1 atom stereocenters. The molecule has 2 aromatic rings. The van der Waals surface area contributed by atoms with E-state index in [4.69, 9.17) is 9.47 Å². The number of ether oxygens (including phenoxy) is 2. The summed E-state index contributed by atoms with van der Waals surface area (Å²) in [6.07, 6.45) is 2.43. The summed E-state index contributed by atoms with van der Waals surface area (Å²) < 4.78 is 10.7. The Bertz CT molecular complexity index is 725. The quantitative estimate of drug-likeness (QED) is 0.785. The third kappa shape index (κ3) is 3.96. The standard InChI is InChI=1S/C20H23NO3/c1-5-8-15-13-16(11-12-18(15)23-3)20(22)21-14(2)17-9-6-7-10-19(17)24-4/h5-7,9-14H,1,8H2,2-4H3,(H,21,22). The second kappa shape index (κ2) is 8.20. The Labute approximate surface area is 143 Å². The van der Waals surface area contributed by atoms with E-state index < -0.39 is 0 Å². The molecule has 0 aromatic heterocycles. The lowest BCUT2D eigenvalue weighted by molar-refractivity contribution is 0.0939. The molecule has 0 radical (unpaired) electrons. The van der Waals surface area contributed by atoms with Crippen LogP contribution in [0.3, 0.4) is 0 Å². The van der Waals surface area contributed by atoms with E-state index in [1.165, 1.54) is 0 Å². The minimum absolute atomic E-state index is 0.138. The van der Waals surface area contributed by atoms with Crippen LogP contribution in [-0.4, -0.2) is 20.1 Å². The molecule has 4 nitrogen and oxygen atoms in total. The van der Waals surface area contributed by atoms with Gasteiger partial charge in [0.2, 0.25) is 0 Å². The zero-order chi connectivity index (χ0) is 17.5. The van der Waals surface area contributed by atoms with E-state index in [0.717, 1.165) is 22.6 Å². The Balaban J connectivity index is 2.20. The molecule has 2 rings (SSSR count). The van der Waals surface area contributed by atoms with Crippen molar-refractivity contribution in [3.63, 3.8) is 0 Å². The summed E-state index contributed by atoms with van der Waals surface area (Å²) in [5, 5.41) is 3.01. The number of benzene rings is 2. The second-order valence-corrected chi connectivity index (χ2v) is 5.46. The van der Waals surface area contributed by atoms with E-state index in [1.807, 2.05) is 43.3 Å². The van der Waals surface area contributed by atoms with E-state index in [1.54, 1.807) is 26.4 Å². The third-order valence-electron chi connectivity index (χ3n) is 3.86. The van der Waals surface area contributed by atoms with Crippen molar-refractivity contribution in [1.29, 1.82) is 0 Å². The van der Waals surface area contributed by atoms with Crippen LogP contribution in [0.25, 0.3) is 0 Å². The minimum atomic E-state index is -0.168. The van der Waals surface area contributed by atoms with E-state index in [9.17, 15) is 4.79 Å². The summed E-state index contributed by atoms with van der Waals surface area (Å²) in [5.74, 6) is 1.37. The smallest absolute Gasteiger partial charge is 0.251 e. The molecule has 4 heteroatoms. The molecule has 0 spiro atoms. The Morgan fingerprint density at radius 1 is 1.17 bits per heavy atom. The lowest BCUT2D eigenvalue weighted by Crippen LogP contribution is -2.27. The Morgan fingerprint density at radius 3 is 2.54 bits per heavy atom. The molecule has 0 aliphatic carbocycles. The van der Waals surface area contributed by atoms with Gasteiger partial charge in [0.05, 0.1) is 20.3 Å². The van der Waals surface area contributed by atoms with E-state index in [2.05, 4.69) is 11.9 Å². The molecular formula is C20H23NO3. The van der Waals surface area contributed by atoms with Crippen LogP contribution < -0.4 is 14.8 Å². The first-order valence-electron chi connectivity index (χ1n) is 7.82. The first kappa shape index (κ1) is 17.6. The number of hydrogen-bond donors (Lipinski definition) is 1. The van der Waals surface area contributed by atoms with Gasteiger partial charge in [0.25, 0.3) is 5.91 Å². The molecular weight excluding hydrogens is 302 g/mol. The van der Waals surface area contributed by atoms with Gasteiger partial charge in [-0.3, -0.25) is 4.79 Å². The fourth-order valence-corrected chi connectivity index (χ4v) is 2.62. The lowest BCUT2D eigenvalue weighted by Gasteiger charge is -2.18. The number of hydrogen-bond acceptors (Lipinski definition) is 3. The maximum absolute atomic E-state index is 12.6. The highest BCUT2D eigenvalue weighted by molar-refractivity contribution is 5.94. The molecule has 0 aliphatic heterocycles. The third-order valence-corrected chi connectivity index (χ3v) is 3.86. The van der Waals surface area contributed by atoms with Gasteiger partial charge in [-0.2, -0.15) is 0 Å². The van der Waals surface area contributed by atoms with Crippen LogP contribution in [-0.2, 0) is 6.42 Å². The van der Waals surface area contributed by atoms with Crippen LogP contribution in [0.15, 0.2) is 55.1 Å². The topological polar surface area (TPSA) is 47.6 Å².